The van der Waals surface area contributed by atoms with Gasteiger partial charge in [-0.2, -0.15) is 5.10 Å². The first kappa shape index (κ1) is 17.4. The van der Waals surface area contributed by atoms with Crippen molar-refractivity contribution in [3.8, 4) is 0 Å². The number of carbonyl (C=O) groups is 1. The van der Waals surface area contributed by atoms with Crippen LogP contribution in [0.1, 0.15) is 77.4 Å². The highest BCUT2D eigenvalue weighted by molar-refractivity contribution is 6.06. The third-order valence-corrected chi connectivity index (χ3v) is 6.11. The van der Waals surface area contributed by atoms with Gasteiger partial charge in [-0.05, 0) is 50.7 Å². The van der Waals surface area contributed by atoms with E-state index in [4.69, 9.17) is 4.52 Å². The monoisotopic (exact) mass is 379 g/mol. The van der Waals surface area contributed by atoms with Gasteiger partial charge in [0.2, 0.25) is 0 Å². The van der Waals surface area contributed by atoms with Crippen molar-refractivity contribution >= 4 is 17.0 Å². The molecule has 1 atom stereocenters. The number of piperidine rings is 1. The van der Waals surface area contributed by atoms with Gasteiger partial charge in [0.1, 0.15) is 0 Å². The van der Waals surface area contributed by atoms with Crippen molar-refractivity contribution in [2.24, 2.45) is 0 Å². The van der Waals surface area contributed by atoms with Crippen molar-refractivity contribution in [1.82, 2.24) is 25.2 Å². The Morgan fingerprint density at radius 3 is 2.96 bits per heavy atom. The average Bonchev–Trinajstić information content (AvgIpc) is 3.35. The van der Waals surface area contributed by atoms with Crippen LogP contribution in [0.4, 0.5) is 0 Å². The summed E-state index contributed by atoms with van der Waals surface area (Å²) in [5, 5.41) is 12.2. The number of nitrogens with zero attached hydrogens (tertiary/aromatic N) is 4. The van der Waals surface area contributed by atoms with Crippen LogP contribution in [0.15, 0.2) is 16.8 Å². The van der Waals surface area contributed by atoms with Crippen molar-refractivity contribution in [2.45, 2.75) is 57.8 Å². The number of rotatable bonds is 4. The van der Waals surface area contributed by atoms with E-state index in [0.29, 0.717) is 29.7 Å². The molecule has 0 radical (unpaired) electrons. The molecule has 1 aliphatic heterocycles. The summed E-state index contributed by atoms with van der Waals surface area (Å²) < 4.78 is 5.41. The van der Waals surface area contributed by atoms with Crippen molar-refractivity contribution in [3.05, 3.63) is 40.5 Å². The zero-order valence-corrected chi connectivity index (χ0v) is 16.4. The number of likely N-dealkylation sites (tertiary alicyclic amines) is 1. The van der Waals surface area contributed by atoms with Crippen molar-refractivity contribution in [3.63, 3.8) is 0 Å². The summed E-state index contributed by atoms with van der Waals surface area (Å²) in [6.07, 6.45) is 7.18. The molecule has 0 unspecified atom stereocenters. The Morgan fingerprint density at radius 1 is 1.32 bits per heavy atom. The van der Waals surface area contributed by atoms with Crippen molar-refractivity contribution in [1.29, 1.82) is 0 Å². The number of carbonyl (C=O) groups excluding carboxylic acids is 1. The SMILES string of the molecule is CCc1cn[nH]c1[C@@H]1CCCN(C(=O)c2cc(C3CC3)nc3onc(C)c23)C1. The summed E-state index contributed by atoms with van der Waals surface area (Å²) in [6.45, 7) is 5.50. The lowest BCUT2D eigenvalue weighted by molar-refractivity contribution is 0.0707. The van der Waals surface area contributed by atoms with Crippen LogP contribution in [0.5, 0.6) is 0 Å². The second kappa shape index (κ2) is 6.72. The van der Waals surface area contributed by atoms with Gasteiger partial charge in [-0.15, -0.1) is 0 Å². The highest BCUT2D eigenvalue weighted by Crippen LogP contribution is 2.41. The van der Waals surface area contributed by atoms with Gasteiger partial charge in [-0.1, -0.05) is 12.1 Å². The zero-order chi connectivity index (χ0) is 19.3. The molecule has 3 aromatic heterocycles. The number of pyridine rings is 1. The number of nitrogens with one attached hydrogen (secondary N) is 1. The lowest BCUT2D eigenvalue weighted by Gasteiger charge is -2.33. The third-order valence-electron chi connectivity index (χ3n) is 6.11. The first-order valence-corrected chi connectivity index (χ1v) is 10.2. The zero-order valence-electron chi connectivity index (χ0n) is 16.4. The molecule has 146 valence electrons. The quantitative estimate of drug-likeness (QED) is 0.746. The number of aromatic amines is 1. The standard InChI is InChI=1S/C21H25N5O2/c1-3-13-10-22-24-19(13)15-5-4-8-26(11-15)21(27)16-9-17(14-6-7-14)23-20-18(16)12(2)25-28-20/h9-10,14-15H,3-8,11H2,1-2H3,(H,22,24)/t15-/m1/s1. The van der Waals surface area contributed by atoms with E-state index in [1.54, 1.807) is 0 Å². The molecule has 1 saturated heterocycles. The summed E-state index contributed by atoms with van der Waals surface area (Å²) in [5.41, 5.74) is 5.29. The summed E-state index contributed by atoms with van der Waals surface area (Å²) in [7, 11) is 0. The normalized spacial score (nSPS) is 20.1. The Labute approximate surface area is 163 Å². The molecule has 0 bridgehead atoms. The van der Waals surface area contributed by atoms with Crippen LogP contribution in [0, 0.1) is 6.92 Å². The minimum absolute atomic E-state index is 0.0582. The molecule has 2 fully saturated rings. The summed E-state index contributed by atoms with van der Waals surface area (Å²) in [6, 6.07) is 1.98. The Hall–Kier alpha value is -2.70. The predicted octanol–water partition coefficient (Wildman–Crippen LogP) is 3.71. The van der Waals surface area contributed by atoms with E-state index in [9.17, 15) is 4.79 Å². The van der Waals surface area contributed by atoms with Gasteiger partial charge >= 0.3 is 0 Å². The maximum absolute atomic E-state index is 13.5. The molecule has 7 heteroatoms. The molecule has 28 heavy (non-hydrogen) atoms. The van der Waals surface area contributed by atoms with Crippen LogP contribution in [0.25, 0.3) is 11.1 Å². The Kier molecular flexibility index (Phi) is 4.18. The second-order valence-electron chi connectivity index (χ2n) is 8.07. The number of hydrogen-bond acceptors (Lipinski definition) is 5. The molecule has 0 spiro atoms. The van der Waals surface area contributed by atoms with Crippen molar-refractivity contribution < 1.29 is 9.32 Å². The van der Waals surface area contributed by atoms with Gasteiger partial charge in [-0.25, -0.2) is 4.98 Å². The van der Waals surface area contributed by atoms with E-state index in [-0.39, 0.29) is 5.91 Å². The van der Waals surface area contributed by atoms with E-state index < -0.39 is 0 Å². The maximum Gasteiger partial charge on any atom is 0.259 e. The molecule has 0 aromatic carbocycles. The highest BCUT2D eigenvalue weighted by Gasteiger charge is 2.32. The molecule has 7 nitrogen and oxygen atoms in total. The van der Waals surface area contributed by atoms with Crippen LogP contribution in [0.3, 0.4) is 0 Å². The molecular weight excluding hydrogens is 354 g/mol. The Bertz CT molecular complexity index is 1030. The summed E-state index contributed by atoms with van der Waals surface area (Å²) in [4.78, 5) is 20.1. The fraction of sp³-hybridized carbons (Fsp3) is 0.524. The Balaban J connectivity index is 1.48. The average molecular weight is 379 g/mol. The molecular formula is C21H25N5O2. The first-order chi connectivity index (χ1) is 13.7. The van der Waals surface area contributed by atoms with Crippen LogP contribution in [-0.4, -0.2) is 44.2 Å². The topological polar surface area (TPSA) is 87.9 Å². The van der Waals surface area contributed by atoms with E-state index in [1.807, 2.05) is 24.1 Å². The molecule has 2 aliphatic rings. The molecule has 1 aliphatic carbocycles. The van der Waals surface area contributed by atoms with Crippen LogP contribution in [-0.2, 0) is 6.42 Å². The lowest BCUT2D eigenvalue weighted by Crippen LogP contribution is -2.39. The fourth-order valence-electron chi connectivity index (χ4n) is 4.39. The summed E-state index contributed by atoms with van der Waals surface area (Å²) in [5.74, 6) is 0.814. The van der Waals surface area contributed by atoms with Gasteiger partial charge < -0.3 is 9.42 Å². The lowest BCUT2D eigenvalue weighted by atomic mass is 9.91. The number of H-pyrrole nitrogens is 1. The van der Waals surface area contributed by atoms with Gasteiger partial charge in [-0.3, -0.25) is 9.89 Å². The first-order valence-electron chi connectivity index (χ1n) is 10.2. The molecule has 1 amide bonds. The summed E-state index contributed by atoms with van der Waals surface area (Å²) >= 11 is 0. The molecule has 5 rings (SSSR count). The van der Waals surface area contributed by atoms with E-state index in [1.165, 1.54) is 11.3 Å². The molecule has 3 aromatic rings. The minimum Gasteiger partial charge on any atom is -0.338 e. The fourth-order valence-corrected chi connectivity index (χ4v) is 4.39. The predicted molar refractivity (Wildman–Crippen MR) is 104 cm³/mol. The largest absolute Gasteiger partial charge is 0.338 e. The van der Waals surface area contributed by atoms with Gasteiger partial charge in [0.15, 0.2) is 0 Å². The van der Waals surface area contributed by atoms with Crippen LogP contribution < -0.4 is 0 Å². The number of aromatic nitrogens is 4. The van der Waals surface area contributed by atoms with E-state index >= 15 is 0 Å². The van der Waals surface area contributed by atoms with E-state index in [2.05, 4.69) is 27.3 Å². The second-order valence-corrected chi connectivity index (χ2v) is 8.07. The highest BCUT2D eigenvalue weighted by atomic mass is 16.5. The molecule has 1 N–H and O–H groups in total. The molecule has 4 heterocycles. The number of fused-ring (bicyclic) bond motifs is 1. The van der Waals surface area contributed by atoms with Gasteiger partial charge in [0, 0.05) is 36.3 Å². The molecule has 1 saturated carbocycles. The van der Waals surface area contributed by atoms with Gasteiger partial charge in [0.25, 0.3) is 11.6 Å². The Morgan fingerprint density at radius 2 is 2.18 bits per heavy atom. The van der Waals surface area contributed by atoms with Crippen LogP contribution in [0.2, 0.25) is 0 Å². The number of hydrogen-bond donors (Lipinski definition) is 1. The third kappa shape index (κ3) is 2.89. The van der Waals surface area contributed by atoms with Crippen molar-refractivity contribution in [2.75, 3.05) is 13.1 Å². The minimum atomic E-state index is 0.0582. The van der Waals surface area contributed by atoms with Gasteiger partial charge in [0.05, 0.1) is 22.8 Å². The smallest absolute Gasteiger partial charge is 0.259 e. The maximum atomic E-state index is 13.5. The van der Waals surface area contributed by atoms with Crippen LogP contribution >= 0.6 is 0 Å². The number of amides is 1. The number of aryl methyl sites for hydroxylation is 2. The van der Waals surface area contributed by atoms with E-state index in [0.717, 1.165) is 55.4 Å².